The van der Waals surface area contributed by atoms with E-state index in [0.717, 1.165) is 86.8 Å². The first-order valence-corrected chi connectivity index (χ1v) is 25.8. The Morgan fingerprint density at radius 2 is 1.79 bits per heavy atom. The van der Waals surface area contributed by atoms with Crippen LogP contribution in [-0.2, 0) is 37.1 Å². The number of nitrogens with zero attached hydrogens (tertiary/aromatic N) is 1. The zero-order valence-corrected chi connectivity index (χ0v) is 39.1. The van der Waals surface area contributed by atoms with Gasteiger partial charge in [0.2, 0.25) is 11.5 Å². The van der Waals surface area contributed by atoms with Gasteiger partial charge in [-0.25, -0.2) is 0 Å². The minimum atomic E-state index is -2.28. The third-order valence-corrected chi connectivity index (χ3v) is 18.9. The van der Waals surface area contributed by atoms with E-state index in [1.54, 1.807) is 25.3 Å². The molecule has 1 aliphatic carbocycles. The molecule has 1 unspecified atom stereocenters. The predicted octanol–water partition coefficient (Wildman–Crippen LogP) is 9.55. The van der Waals surface area contributed by atoms with Crippen LogP contribution in [0.25, 0.3) is 10.9 Å². The third-order valence-electron chi connectivity index (χ3n) is 14.1. The lowest BCUT2D eigenvalue weighted by Crippen LogP contribution is -2.53. The summed E-state index contributed by atoms with van der Waals surface area (Å²) in [5.41, 5.74) is 3.77. The van der Waals surface area contributed by atoms with Crippen LogP contribution >= 0.6 is 11.6 Å². The summed E-state index contributed by atoms with van der Waals surface area (Å²) in [6, 6.07) is 18.6. The Morgan fingerprint density at radius 1 is 1.03 bits per heavy atom. The molecule has 8 rings (SSSR count). The van der Waals surface area contributed by atoms with Crippen LogP contribution < -0.4 is 20.9 Å². The zero-order chi connectivity index (χ0) is 44.2. The lowest BCUT2D eigenvalue weighted by molar-refractivity contribution is -0.167. The molecule has 3 saturated heterocycles. The molecular formula is C49H65ClN4O7Si. The summed E-state index contributed by atoms with van der Waals surface area (Å²) in [6.45, 7) is 14.9. The number of aromatic nitrogens is 1. The van der Waals surface area contributed by atoms with Crippen molar-refractivity contribution in [3.63, 3.8) is 0 Å². The van der Waals surface area contributed by atoms with Gasteiger partial charge < -0.3 is 34.6 Å². The normalized spacial score (nSPS) is 20.5. The van der Waals surface area contributed by atoms with E-state index in [1.807, 2.05) is 18.2 Å². The van der Waals surface area contributed by atoms with E-state index in [0.29, 0.717) is 65.6 Å². The molecule has 1 saturated carbocycles. The molecule has 4 fully saturated rings. The Kier molecular flexibility index (Phi) is 14.2. The van der Waals surface area contributed by atoms with E-state index < -0.39 is 19.8 Å². The second-order valence-corrected chi connectivity index (χ2v) is 24.4. The van der Waals surface area contributed by atoms with Crippen molar-refractivity contribution in [3.05, 3.63) is 98.3 Å². The number of anilines is 1. The summed E-state index contributed by atoms with van der Waals surface area (Å²) in [5, 5.41) is 18.2. The molecule has 0 spiro atoms. The number of H-pyrrole nitrogens is 1. The second kappa shape index (κ2) is 19.3. The number of esters is 1. The lowest BCUT2D eigenvalue weighted by Gasteiger charge is -2.45. The maximum atomic E-state index is 14.1. The van der Waals surface area contributed by atoms with Gasteiger partial charge in [-0.3, -0.25) is 19.3 Å². The summed E-state index contributed by atoms with van der Waals surface area (Å²) in [7, 11) is -0.685. The van der Waals surface area contributed by atoms with Crippen LogP contribution in [0, 0.1) is 5.92 Å². The minimum absolute atomic E-state index is 0.000696. The smallest absolute Gasteiger partial charge is 0.316 e. The number of phenolic OH excluding ortho intramolecular Hbond substituents is 1. The van der Waals surface area contributed by atoms with Gasteiger partial charge >= 0.3 is 5.97 Å². The van der Waals surface area contributed by atoms with Gasteiger partial charge in [-0.15, -0.1) is 0 Å². The van der Waals surface area contributed by atoms with E-state index >= 15 is 0 Å². The first kappa shape index (κ1) is 45.8. The summed E-state index contributed by atoms with van der Waals surface area (Å²) in [5.74, 6) is 0.851. The quantitative estimate of drug-likeness (QED) is 0.0640. The lowest BCUT2D eigenvalue weighted by atomic mass is 9.69. The van der Waals surface area contributed by atoms with E-state index in [2.05, 4.69) is 72.6 Å². The van der Waals surface area contributed by atoms with Gasteiger partial charge in [0.15, 0.2) is 8.32 Å². The largest absolute Gasteiger partial charge is 0.506 e. The average Bonchev–Trinajstić information content (AvgIpc) is 3.25. The molecule has 4 aromatic rings. The molecule has 3 aromatic carbocycles. The SMILES string of the molecule is COc1cc(NC(=O)CCCc2cccc(C3(C(=O)O[C@H]4CN5CCC4CC5)CCCCC3)c2)c(Cl)cc1CNCC(O[Si](C)(C)C(C)(C)C)c1ccc(O)c2[nH]c(=O)ccc12. The zero-order valence-electron chi connectivity index (χ0n) is 37.3. The van der Waals surface area contributed by atoms with Crippen LogP contribution in [-0.4, -0.2) is 74.6 Å². The molecule has 62 heavy (non-hydrogen) atoms. The maximum Gasteiger partial charge on any atom is 0.316 e. The molecule has 3 aliphatic heterocycles. The maximum absolute atomic E-state index is 14.1. The van der Waals surface area contributed by atoms with Crippen LogP contribution in [0.15, 0.2) is 65.5 Å². The Morgan fingerprint density at radius 3 is 2.48 bits per heavy atom. The van der Waals surface area contributed by atoms with Gasteiger partial charge in [-0.2, -0.15) is 0 Å². The first-order valence-electron chi connectivity index (χ1n) is 22.5. The minimum Gasteiger partial charge on any atom is -0.506 e. The van der Waals surface area contributed by atoms with Gasteiger partial charge in [-0.1, -0.05) is 82.0 Å². The van der Waals surface area contributed by atoms with Crippen molar-refractivity contribution in [2.75, 3.05) is 38.6 Å². The fraction of sp³-hybridized carbons (Fsp3) is 0.531. The Labute approximate surface area is 372 Å². The molecule has 2 bridgehead atoms. The number of nitrogens with one attached hydrogen (secondary N) is 3. The molecule has 2 atom stereocenters. The number of carbonyl (C=O) groups excluding carboxylic acids is 2. The number of ether oxygens (including phenoxy) is 2. The number of piperidine rings is 3. The fourth-order valence-electron chi connectivity index (χ4n) is 9.39. The fourth-order valence-corrected chi connectivity index (χ4v) is 10.9. The average molecular weight is 886 g/mol. The summed E-state index contributed by atoms with van der Waals surface area (Å²) in [6.07, 6.45) is 8.24. The number of phenols is 1. The molecule has 4 N–H and O–H groups in total. The number of aromatic hydroxyl groups is 1. The van der Waals surface area contributed by atoms with Crippen molar-refractivity contribution >= 4 is 48.4 Å². The number of rotatable bonds is 16. The van der Waals surface area contributed by atoms with Gasteiger partial charge in [0.25, 0.3) is 0 Å². The highest BCUT2D eigenvalue weighted by molar-refractivity contribution is 6.74. The van der Waals surface area contributed by atoms with E-state index in [1.165, 1.54) is 6.07 Å². The molecular weight excluding hydrogens is 820 g/mol. The number of aryl methyl sites for hydroxylation is 1. The molecule has 11 nitrogen and oxygen atoms in total. The van der Waals surface area contributed by atoms with Crippen LogP contribution in [0.1, 0.15) is 107 Å². The number of hydrogen-bond acceptors (Lipinski definition) is 9. The van der Waals surface area contributed by atoms with Crippen molar-refractivity contribution < 1.29 is 28.6 Å². The van der Waals surface area contributed by atoms with Crippen LogP contribution in [0.2, 0.25) is 23.2 Å². The third kappa shape index (κ3) is 10.3. The Balaban J connectivity index is 0.972. The number of benzene rings is 3. The predicted molar refractivity (Wildman–Crippen MR) is 249 cm³/mol. The number of amides is 1. The Hall–Kier alpha value is -4.20. The highest BCUT2D eigenvalue weighted by atomic mass is 35.5. The number of aromatic amines is 1. The molecule has 334 valence electrons. The number of hydrogen-bond donors (Lipinski definition) is 4. The summed E-state index contributed by atoms with van der Waals surface area (Å²) in [4.78, 5) is 44.7. The van der Waals surface area contributed by atoms with E-state index in [4.69, 9.17) is 25.5 Å². The highest BCUT2D eigenvalue weighted by Crippen LogP contribution is 2.44. The Bertz CT molecular complexity index is 2290. The molecule has 1 aromatic heterocycles. The number of fused-ring (bicyclic) bond motifs is 4. The monoisotopic (exact) mass is 884 g/mol. The number of methoxy groups -OCH3 is 1. The summed E-state index contributed by atoms with van der Waals surface area (Å²) < 4.78 is 19.1. The van der Waals surface area contributed by atoms with Gasteiger partial charge in [0.1, 0.15) is 17.6 Å². The van der Waals surface area contributed by atoms with Crippen molar-refractivity contribution in [3.8, 4) is 11.5 Å². The van der Waals surface area contributed by atoms with Gasteiger partial charge in [0.05, 0.1) is 34.9 Å². The highest BCUT2D eigenvalue weighted by Gasteiger charge is 2.46. The number of pyridine rings is 1. The van der Waals surface area contributed by atoms with E-state index in [9.17, 15) is 19.5 Å². The first-order chi connectivity index (χ1) is 29.6. The van der Waals surface area contributed by atoms with Crippen LogP contribution in [0.4, 0.5) is 5.69 Å². The molecule has 4 aliphatic rings. The standard InChI is InChI=1S/C49H65ClN4O7Si/c1-48(2,3)62(5,6)61-42(36-16-18-40(55)46-37(36)17-19-45(57)53-46)30-51-29-34-27-38(50)39(28-41(34)59-4)52-44(56)15-11-13-32-12-10-14-35(26-32)49(22-8-7-9-23-49)47(58)60-43-31-54-24-20-33(43)21-25-54/h10,12,14,16-19,26-28,33,42-43,51,55H,7-9,11,13,15,20-25,29-31H2,1-6H3,(H,52,56)(H,53,57)/t42?,43-/m0/s1. The van der Waals surface area contributed by atoms with E-state index in [-0.39, 0.29) is 34.3 Å². The molecule has 0 radical (unpaired) electrons. The summed E-state index contributed by atoms with van der Waals surface area (Å²) >= 11 is 6.80. The second-order valence-electron chi connectivity index (χ2n) is 19.3. The number of carbonyl (C=O) groups is 2. The van der Waals surface area contributed by atoms with Crippen LogP contribution in [0.3, 0.4) is 0 Å². The van der Waals surface area contributed by atoms with Crippen LogP contribution in [0.5, 0.6) is 11.5 Å². The molecule has 1 amide bonds. The topological polar surface area (TPSA) is 142 Å². The van der Waals surface area contributed by atoms with Crippen molar-refractivity contribution in [1.29, 1.82) is 0 Å². The van der Waals surface area contributed by atoms with Crippen molar-refractivity contribution in [2.45, 2.75) is 127 Å². The van der Waals surface area contributed by atoms with Crippen molar-refractivity contribution in [2.24, 2.45) is 5.92 Å². The molecule has 13 heteroatoms. The van der Waals surface area contributed by atoms with Crippen molar-refractivity contribution in [1.82, 2.24) is 15.2 Å². The molecule has 4 heterocycles. The number of halogens is 1. The van der Waals surface area contributed by atoms with Gasteiger partial charge in [-0.05, 0) is 111 Å². The van der Waals surface area contributed by atoms with Gasteiger partial charge in [0, 0.05) is 49.1 Å².